The molecule has 0 bridgehead atoms. The number of nitrogens with one attached hydrogen (secondary N) is 1. The van der Waals surface area contributed by atoms with Crippen molar-refractivity contribution in [1.82, 2.24) is 4.90 Å². The van der Waals surface area contributed by atoms with Crippen LogP contribution in [-0.2, 0) is 9.84 Å². The second-order valence-corrected chi connectivity index (χ2v) is 8.49. The third-order valence-electron chi connectivity index (χ3n) is 4.71. The first-order valence-electron chi connectivity index (χ1n) is 8.99. The van der Waals surface area contributed by atoms with Gasteiger partial charge in [-0.2, -0.15) is 13.2 Å². The zero-order valence-electron chi connectivity index (χ0n) is 16.0. The van der Waals surface area contributed by atoms with E-state index in [1.807, 2.05) is 24.3 Å². The smallest absolute Gasteiger partial charge is 0.495 e. The molecule has 30 heavy (non-hydrogen) atoms. The molecule has 2 amide bonds. The molecular weight excluding hydrogens is 423 g/mol. The van der Waals surface area contributed by atoms with Crippen LogP contribution in [0.5, 0.6) is 5.75 Å². The number of halogens is 3. The highest BCUT2D eigenvalue weighted by molar-refractivity contribution is 7.92. The van der Waals surface area contributed by atoms with Crippen molar-refractivity contribution in [1.29, 1.82) is 0 Å². The van der Waals surface area contributed by atoms with E-state index in [0.29, 0.717) is 26.2 Å². The topological polar surface area (TPSA) is 79.0 Å². The van der Waals surface area contributed by atoms with E-state index in [4.69, 9.17) is 4.74 Å². The summed E-state index contributed by atoms with van der Waals surface area (Å²) in [6.45, 7) is 2.03. The van der Waals surface area contributed by atoms with Crippen LogP contribution >= 0.6 is 0 Å². The number of para-hydroxylation sites is 2. The molecule has 162 valence electrons. The Balaban J connectivity index is 1.60. The molecule has 3 rings (SSSR count). The molecule has 0 unspecified atom stereocenters. The average molecular weight is 443 g/mol. The van der Waals surface area contributed by atoms with Crippen LogP contribution < -0.4 is 15.0 Å². The van der Waals surface area contributed by atoms with Crippen molar-refractivity contribution in [2.24, 2.45) is 0 Å². The molecule has 1 N–H and O–H groups in total. The minimum absolute atomic E-state index is 0.202. The number of rotatable bonds is 4. The maximum Gasteiger partial charge on any atom is 0.501 e. The molecule has 1 aliphatic heterocycles. The van der Waals surface area contributed by atoms with Crippen molar-refractivity contribution in [3.8, 4) is 5.75 Å². The fourth-order valence-electron chi connectivity index (χ4n) is 3.10. The number of alkyl halides is 3. The van der Waals surface area contributed by atoms with E-state index in [1.54, 1.807) is 12.0 Å². The van der Waals surface area contributed by atoms with E-state index in [9.17, 15) is 26.4 Å². The Labute approximate surface area is 172 Å². The van der Waals surface area contributed by atoms with Gasteiger partial charge in [-0.1, -0.05) is 12.1 Å². The van der Waals surface area contributed by atoms with Gasteiger partial charge in [-0.05, 0) is 36.4 Å². The van der Waals surface area contributed by atoms with Crippen molar-refractivity contribution in [3.63, 3.8) is 0 Å². The molecule has 1 fully saturated rings. The van der Waals surface area contributed by atoms with E-state index in [2.05, 4.69) is 10.2 Å². The number of hydrogen-bond acceptors (Lipinski definition) is 5. The summed E-state index contributed by atoms with van der Waals surface area (Å²) < 4.78 is 65.9. The highest BCUT2D eigenvalue weighted by atomic mass is 32.2. The van der Waals surface area contributed by atoms with E-state index in [1.165, 1.54) is 0 Å². The standard InChI is InChI=1S/C19H20F3N3O4S/c1-29-17-5-3-2-4-16(17)24-10-12-25(13-11-24)18(26)23-14-6-8-15(9-7-14)30(27,28)19(20,21)22/h2-9H,10-13H2,1H3,(H,23,26). The highest BCUT2D eigenvalue weighted by Gasteiger charge is 2.46. The summed E-state index contributed by atoms with van der Waals surface area (Å²) in [5.41, 5.74) is -4.24. The molecule has 0 atom stereocenters. The minimum Gasteiger partial charge on any atom is -0.495 e. The predicted octanol–water partition coefficient (Wildman–Crippen LogP) is 3.34. The maximum atomic E-state index is 12.6. The molecule has 11 heteroatoms. The van der Waals surface area contributed by atoms with Gasteiger partial charge in [-0.15, -0.1) is 0 Å². The van der Waals surface area contributed by atoms with Gasteiger partial charge >= 0.3 is 11.5 Å². The molecule has 0 saturated carbocycles. The van der Waals surface area contributed by atoms with Gasteiger partial charge in [0.25, 0.3) is 9.84 Å². The molecule has 1 aliphatic rings. The maximum absolute atomic E-state index is 12.6. The van der Waals surface area contributed by atoms with Crippen LogP contribution in [0.3, 0.4) is 0 Å². The van der Waals surface area contributed by atoms with E-state index < -0.39 is 26.3 Å². The second-order valence-electron chi connectivity index (χ2n) is 6.55. The summed E-state index contributed by atoms with van der Waals surface area (Å²) in [5.74, 6) is 0.740. The second kappa shape index (κ2) is 8.42. The van der Waals surface area contributed by atoms with Gasteiger partial charge in [0.15, 0.2) is 0 Å². The van der Waals surface area contributed by atoms with Crippen molar-refractivity contribution >= 4 is 27.2 Å². The third-order valence-corrected chi connectivity index (χ3v) is 6.22. The molecule has 1 saturated heterocycles. The van der Waals surface area contributed by atoms with Gasteiger partial charge in [0.1, 0.15) is 5.75 Å². The third kappa shape index (κ3) is 4.45. The van der Waals surface area contributed by atoms with E-state index >= 15 is 0 Å². The van der Waals surface area contributed by atoms with Gasteiger partial charge in [-0.25, -0.2) is 13.2 Å². The SMILES string of the molecule is COc1ccccc1N1CCN(C(=O)Nc2ccc(S(=O)(=O)C(F)(F)F)cc2)CC1. The number of carbonyl (C=O) groups excluding carboxylic acids is 1. The van der Waals surface area contributed by atoms with Crippen LogP contribution in [0.25, 0.3) is 0 Å². The Morgan fingerprint density at radius 3 is 2.17 bits per heavy atom. The Bertz CT molecular complexity index is 1000. The van der Waals surface area contributed by atoms with E-state index in [-0.39, 0.29) is 5.69 Å². The molecule has 0 aromatic heterocycles. The number of benzene rings is 2. The summed E-state index contributed by atoms with van der Waals surface area (Å²) in [6.07, 6.45) is 0. The predicted molar refractivity (Wildman–Crippen MR) is 105 cm³/mol. The normalized spacial score (nSPS) is 15.1. The Morgan fingerprint density at radius 1 is 1.00 bits per heavy atom. The number of piperazine rings is 1. The molecular formula is C19H20F3N3O4S. The number of anilines is 2. The number of sulfone groups is 1. The summed E-state index contributed by atoms with van der Waals surface area (Å²) in [5, 5.41) is 2.57. The molecule has 2 aromatic carbocycles. The molecule has 0 radical (unpaired) electrons. The molecule has 0 aliphatic carbocycles. The molecule has 7 nitrogen and oxygen atoms in total. The van der Waals surface area contributed by atoms with Gasteiger partial charge in [0, 0.05) is 31.9 Å². The van der Waals surface area contributed by atoms with Crippen molar-refractivity contribution in [2.75, 3.05) is 43.5 Å². The summed E-state index contributed by atoms with van der Waals surface area (Å²) in [6, 6.07) is 11.0. The summed E-state index contributed by atoms with van der Waals surface area (Å²) in [4.78, 5) is 15.2. The van der Waals surface area contributed by atoms with Crippen LogP contribution in [-0.4, -0.2) is 58.1 Å². The number of carbonyl (C=O) groups is 1. The monoisotopic (exact) mass is 443 g/mol. The van der Waals surface area contributed by atoms with Crippen molar-refractivity contribution in [3.05, 3.63) is 48.5 Å². The molecule has 2 aromatic rings. The molecule has 0 spiro atoms. The number of methoxy groups -OCH3 is 1. The number of nitrogens with zero attached hydrogens (tertiary/aromatic N) is 2. The fourth-order valence-corrected chi connectivity index (χ4v) is 3.86. The number of ether oxygens (including phenoxy) is 1. The van der Waals surface area contributed by atoms with Crippen LogP contribution in [0.1, 0.15) is 0 Å². The highest BCUT2D eigenvalue weighted by Crippen LogP contribution is 2.31. The van der Waals surface area contributed by atoms with Crippen molar-refractivity contribution < 1.29 is 31.1 Å². The summed E-state index contributed by atoms with van der Waals surface area (Å²) >= 11 is 0. The zero-order chi connectivity index (χ0) is 21.9. The quantitative estimate of drug-likeness (QED) is 0.784. The lowest BCUT2D eigenvalue weighted by molar-refractivity contribution is -0.0436. The lowest BCUT2D eigenvalue weighted by atomic mass is 10.2. The first-order chi connectivity index (χ1) is 14.1. The van der Waals surface area contributed by atoms with Gasteiger partial charge in [0.2, 0.25) is 0 Å². The Kier molecular flexibility index (Phi) is 6.11. The first kappa shape index (κ1) is 21.8. The average Bonchev–Trinajstić information content (AvgIpc) is 2.73. The molecule has 1 heterocycles. The lowest BCUT2D eigenvalue weighted by Crippen LogP contribution is -2.50. The summed E-state index contributed by atoms with van der Waals surface area (Å²) in [7, 11) is -3.83. The van der Waals surface area contributed by atoms with Crippen LogP contribution in [0.4, 0.5) is 29.3 Å². The zero-order valence-corrected chi connectivity index (χ0v) is 16.8. The lowest BCUT2D eigenvalue weighted by Gasteiger charge is -2.36. The number of hydrogen-bond donors (Lipinski definition) is 1. The van der Waals surface area contributed by atoms with Gasteiger partial charge < -0.3 is 19.9 Å². The Morgan fingerprint density at radius 2 is 1.60 bits per heavy atom. The van der Waals surface area contributed by atoms with Crippen LogP contribution in [0, 0.1) is 0 Å². The van der Waals surface area contributed by atoms with Gasteiger partial charge in [0.05, 0.1) is 17.7 Å². The van der Waals surface area contributed by atoms with Crippen LogP contribution in [0.2, 0.25) is 0 Å². The first-order valence-corrected chi connectivity index (χ1v) is 10.5. The number of urea groups is 1. The Hall–Kier alpha value is -2.95. The largest absolute Gasteiger partial charge is 0.501 e. The van der Waals surface area contributed by atoms with Crippen LogP contribution in [0.15, 0.2) is 53.4 Å². The van der Waals surface area contributed by atoms with E-state index in [0.717, 1.165) is 35.7 Å². The minimum atomic E-state index is -5.42. The number of amides is 2. The van der Waals surface area contributed by atoms with Gasteiger partial charge in [-0.3, -0.25) is 0 Å². The van der Waals surface area contributed by atoms with Crippen molar-refractivity contribution in [2.45, 2.75) is 10.4 Å². The fraction of sp³-hybridized carbons (Fsp3) is 0.316.